The highest BCUT2D eigenvalue weighted by Gasteiger charge is 2.44. The largest absolute Gasteiger partial charge is 0.491 e. The summed E-state index contributed by atoms with van der Waals surface area (Å²) in [4.78, 5) is 47.0. The van der Waals surface area contributed by atoms with E-state index in [1.807, 2.05) is 68.1 Å². The minimum Gasteiger partial charge on any atom is -0.491 e. The molecule has 3 aliphatic heterocycles. The summed E-state index contributed by atoms with van der Waals surface area (Å²) in [5, 5.41) is 0. The normalized spacial score (nSPS) is 21.1. The van der Waals surface area contributed by atoms with E-state index >= 15 is 4.79 Å². The highest BCUT2D eigenvalue weighted by Crippen LogP contribution is 2.43. The van der Waals surface area contributed by atoms with Gasteiger partial charge in [0.1, 0.15) is 23.7 Å². The monoisotopic (exact) mass is 783 g/mol. The third kappa shape index (κ3) is 10.3. The standard InChI is InChI=1S/C45H57N3O9/c1-45(2,3)57-44(51)46-21-19-37(33-12-7-10-31(26-33)32-11-8-13-36(27-32)53-24-25-55-42-14-5-6-23-54-42)38(29-46)43(50)48(34-15-16-34)35-17-18-40-39(28-35)47(20-9-22-52-4)41(49)30-56-40/h7-8,10-13,17-18,26-28,34,37-38,42H,5-6,9,14-16,19-25,29-30H2,1-4H3/t37-,38+,42?/m1/s1. The number of likely N-dealkylation sites (tertiary alicyclic amines) is 1. The van der Waals surface area contributed by atoms with E-state index in [4.69, 9.17) is 28.4 Å². The third-order valence-corrected chi connectivity index (χ3v) is 10.9. The molecule has 7 rings (SSSR count). The van der Waals surface area contributed by atoms with Crippen molar-refractivity contribution >= 4 is 29.3 Å². The smallest absolute Gasteiger partial charge is 0.410 e. The summed E-state index contributed by atoms with van der Waals surface area (Å²) in [5.41, 5.74) is 3.74. The molecule has 3 aromatic rings. The Balaban J connectivity index is 1.14. The van der Waals surface area contributed by atoms with E-state index in [1.165, 1.54) is 0 Å². The first kappa shape index (κ1) is 40.5. The number of methoxy groups -OCH3 is 1. The van der Waals surface area contributed by atoms with Gasteiger partial charge in [0.25, 0.3) is 5.91 Å². The molecule has 4 aliphatic rings. The number of carbonyl (C=O) groups is 3. The van der Waals surface area contributed by atoms with Gasteiger partial charge in [-0.1, -0.05) is 36.4 Å². The van der Waals surface area contributed by atoms with Crippen LogP contribution in [0, 0.1) is 5.92 Å². The van der Waals surface area contributed by atoms with Gasteiger partial charge in [0, 0.05) is 51.7 Å². The fraction of sp³-hybridized carbons (Fsp3) is 0.533. The highest BCUT2D eigenvalue weighted by molar-refractivity contribution is 6.01. The van der Waals surface area contributed by atoms with E-state index in [2.05, 4.69) is 24.3 Å². The van der Waals surface area contributed by atoms with Gasteiger partial charge < -0.3 is 43.1 Å². The molecule has 0 aromatic heterocycles. The first-order valence-electron chi connectivity index (χ1n) is 20.5. The van der Waals surface area contributed by atoms with Gasteiger partial charge in [-0.05, 0) is 119 Å². The van der Waals surface area contributed by atoms with Gasteiger partial charge in [0.2, 0.25) is 5.91 Å². The first-order valence-corrected chi connectivity index (χ1v) is 20.5. The summed E-state index contributed by atoms with van der Waals surface area (Å²) in [6.45, 7) is 8.82. The lowest BCUT2D eigenvalue weighted by atomic mass is 9.78. The summed E-state index contributed by atoms with van der Waals surface area (Å²) < 4.78 is 34.5. The predicted octanol–water partition coefficient (Wildman–Crippen LogP) is 7.57. The van der Waals surface area contributed by atoms with Crippen molar-refractivity contribution in [1.82, 2.24) is 4.90 Å². The molecule has 0 spiro atoms. The van der Waals surface area contributed by atoms with Crippen LogP contribution in [0.15, 0.2) is 66.7 Å². The second kappa shape index (κ2) is 18.3. The third-order valence-electron chi connectivity index (χ3n) is 10.9. The molecule has 57 heavy (non-hydrogen) atoms. The van der Waals surface area contributed by atoms with Crippen molar-refractivity contribution in [2.45, 2.75) is 89.6 Å². The zero-order chi connectivity index (χ0) is 39.9. The van der Waals surface area contributed by atoms with Crippen molar-refractivity contribution < 1.29 is 42.8 Å². The van der Waals surface area contributed by atoms with Crippen LogP contribution in [-0.4, -0.2) is 101 Å². The number of nitrogens with zero attached hydrogens (tertiary/aromatic N) is 3. The summed E-state index contributed by atoms with van der Waals surface area (Å²) >= 11 is 0. The number of anilines is 2. The number of hydrogen-bond donors (Lipinski definition) is 0. The maximum atomic E-state index is 15.2. The van der Waals surface area contributed by atoms with Crippen LogP contribution in [0.4, 0.5) is 16.2 Å². The van der Waals surface area contributed by atoms with E-state index in [0.29, 0.717) is 62.9 Å². The lowest BCUT2D eigenvalue weighted by Gasteiger charge is -2.41. The molecule has 12 heteroatoms. The Labute approximate surface area is 336 Å². The fourth-order valence-corrected chi connectivity index (χ4v) is 7.97. The van der Waals surface area contributed by atoms with Gasteiger partial charge in [-0.25, -0.2) is 4.79 Å². The number of rotatable bonds is 14. The number of piperidine rings is 1. The van der Waals surface area contributed by atoms with Crippen LogP contribution < -0.4 is 19.3 Å². The maximum absolute atomic E-state index is 15.2. The van der Waals surface area contributed by atoms with Crippen LogP contribution in [0.2, 0.25) is 0 Å². The van der Waals surface area contributed by atoms with Crippen molar-refractivity contribution in [3.63, 3.8) is 0 Å². The number of hydrogen-bond acceptors (Lipinski definition) is 9. The lowest BCUT2D eigenvalue weighted by Crippen LogP contribution is -2.51. The highest BCUT2D eigenvalue weighted by atomic mass is 16.7. The maximum Gasteiger partial charge on any atom is 0.410 e. The van der Waals surface area contributed by atoms with Crippen LogP contribution in [0.5, 0.6) is 11.5 Å². The van der Waals surface area contributed by atoms with E-state index < -0.39 is 17.6 Å². The molecule has 0 bridgehead atoms. The fourth-order valence-electron chi connectivity index (χ4n) is 7.97. The molecule has 3 aromatic carbocycles. The van der Waals surface area contributed by atoms with Crippen molar-refractivity contribution in [1.29, 1.82) is 0 Å². The van der Waals surface area contributed by atoms with Crippen LogP contribution in [0.1, 0.15) is 77.2 Å². The summed E-state index contributed by atoms with van der Waals surface area (Å²) in [5.74, 6) is 0.474. The minimum atomic E-state index is -0.672. The molecule has 1 aliphatic carbocycles. The molecule has 3 fully saturated rings. The molecule has 0 radical (unpaired) electrons. The van der Waals surface area contributed by atoms with Crippen molar-refractivity contribution in [2.24, 2.45) is 5.92 Å². The van der Waals surface area contributed by atoms with E-state index in [0.717, 1.165) is 61.2 Å². The molecule has 3 amide bonds. The Bertz CT molecular complexity index is 1870. The Morgan fingerprint density at radius 2 is 1.72 bits per heavy atom. The second-order valence-corrected chi connectivity index (χ2v) is 16.4. The number of fused-ring (bicyclic) bond motifs is 1. The van der Waals surface area contributed by atoms with Crippen LogP contribution in [0.25, 0.3) is 11.1 Å². The SMILES string of the molecule is COCCCN1C(=O)COc2ccc(N(C(=O)[C@H]3CN(C(=O)OC(C)(C)C)CC[C@@H]3c3cccc(-c4cccc(OCCOC5CCCCO5)c4)c3)C3CC3)cc21. The van der Waals surface area contributed by atoms with E-state index in [-0.39, 0.29) is 43.2 Å². The Hall–Kier alpha value is -4.65. The van der Waals surface area contributed by atoms with Gasteiger partial charge >= 0.3 is 6.09 Å². The van der Waals surface area contributed by atoms with Gasteiger partial charge in [0.05, 0.1) is 18.2 Å². The van der Waals surface area contributed by atoms with Gasteiger partial charge in [-0.3, -0.25) is 9.59 Å². The van der Waals surface area contributed by atoms with E-state index in [9.17, 15) is 9.59 Å². The zero-order valence-electron chi connectivity index (χ0n) is 33.8. The predicted molar refractivity (Wildman–Crippen MR) is 217 cm³/mol. The Morgan fingerprint density at radius 3 is 2.47 bits per heavy atom. The van der Waals surface area contributed by atoms with Crippen LogP contribution in [-0.2, 0) is 28.5 Å². The average molecular weight is 784 g/mol. The molecule has 2 saturated heterocycles. The topological polar surface area (TPSA) is 116 Å². The minimum absolute atomic E-state index is 0.0184. The molecule has 12 nitrogen and oxygen atoms in total. The Kier molecular flexibility index (Phi) is 13.0. The lowest BCUT2D eigenvalue weighted by molar-refractivity contribution is -0.165. The van der Waals surface area contributed by atoms with Gasteiger partial charge in [-0.15, -0.1) is 0 Å². The van der Waals surface area contributed by atoms with Crippen molar-refractivity contribution in [3.05, 3.63) is 72.3 Å². The molecule has 1 saturated carbocycles. The number of amides is 3. The molecule has 3 atom stereocenters. The number of ether oxygens (including phenoxy) is 6. The number of benzene rings is 3. The molecule has 1 unspecified atom stereocenters. The zero-order valence-corrected chi connectivity index (χ0v) is 33.8. The van der Waals surface area contributed by atoms with Gasteiger partial charge in [0.15, 0.2) is 12.9 Å². The molecule has 3 heterocycles. The summed E-state index contributed by atoms with van der Waals surface area (Å²) in [6.07, 6.45) is 5.54. The molecular weight excluding hydrogens is 727 g/mol. The van der Waals surface area contributed by atoms with Crippen LogP contribution in [0.3, 0.4) is 0 Å². The quantitative estimate of drug-likeness (QED) is 0.153. The average Bonchev–Trinajstić information content (AvgIpc) is 4.05. The Morgan fingerprint density at radius 1 is 0.912 bits per heavy atom. The van der Waals surface area contributed by atoms with Crippen LogP contribution >= 0.6 is 0 Å². The first-order chi connectivity index (χ1) is 27.6. The van der Waals surface area contributed by atoms with E-state index in [1.54, 1.807) is 16.9 Å². The molecular formula is C45H57N3O9. The van der Waals surface area contributed by atoms with Crippen molar-refractivity contribution in [3.8, 4) is 22.6 Å². The van der Waals surface area contributed by atoms with Gasteiger partial charge in [-0.2, -0.15) is 0 Å². The van der Waals surface area contributed by atoms with Crippen molar-refractivity contribution in [2.75, 3.05) is 69.6 Å². The summed E-state index contributed by atoms with van der Waals surface area (Å²) in [6, 6.07) is 22.1. The summed E-state index contributed by atoms with van der Waals surface area (Å²) in [7, 11) is 1.64. The number of carbonyl (C=O) groups excluding carboxylic acids is 3. The molecule has 306 valence electrons. The molecule has 0 N–H and O–H groups in total. The second-order valence-electron chi connectivity index (χ2n) is 16.4.